The van der Waals surface area contributed by atoms with Crippen LogP contribution in [0.2, 0.25) is 0 Å². The summed E-state index contributed by atoms with van der Waals surface area (Å²) in [7, 11) is 0. The molecule has 3 rings (SSSR count). The van der Waals surface area contributed by atoms with Crippen molar-refractivity contribution in [1.29, 1.82) is 0 Å². The van der Waals surface area contributed by atoms with E-state index in [9.17, 15) is 4.79 Å². The summed E-state index contributed by atoms with van der Waals surface area (Å²) in [6.07, 6.45) is 0.479. The van der Waals surface area contributed by atoms with Crippen LogP contribution in [-0.4, -0.2) is 23.7 Å². The van der Waals surface area contributed by atoms with Crippen LogP contribution in [0.5, 0.6) is 0 Å². The third kappa shape index (κ3) is 2.63. The highest BCUT2D eigenvalue weighted by Gasteiger charge is 2.28. The fourth-order valence-electron chi connectivity index (χ4n) is 2.98. The number of hydrogen-bond acceptors (Lipinski definition) is 3. The van der Waals surface area contributed by atoms with Crippen LogP contribution in [0.3, 0.4) is 0 Å². The van der Waals surface area contributed by atoms with Crippen LogP contribution in [-0.2, 0) is 9.63 Å². The van der Waals surface area contributed by atoms with E-state index in [2.05, 4.69) is 29.7 Å². The molecule has 0 fully saturated rings. The number of carbonyl (C=O) groups is 1. The quantitative estimate of drug-likeness (QED) is 0.804. The van der Waals surface area contributed by atoms with Crippen molar-refractivity contribution >= 4 is 5.97 Å². The first kappa shape index (κ1) is 14.8. The normalized spacial score (nSPS) is 14.4. The van der Waals surface area contributed by atoms with E-state index in [1.54, 1.807) is 0 Å². The molecule has 0 heterocycles. The molecule has 2 aromatic carbocycles. The molecule has 0 aromatic heterocycles. The van der Waals surface area contributed by atoms with E-state index in [-0.39, 0.29) is 5.92 Å². The highest BCUT2D eigenvalue weighted by atomic mass is 16.6. The Hall–Kier alpha value is -2.17. The molecule has 0 amide bonds. The lowest BCUT2D eigenvalue weighted by Gasteiger charge is -2.17. The maximum Gasteiger partial charge on any atom is 0.323 e. The van der Waals surface area contributed by atoms with E-state index in [1.807, 2.05) is 31.2 Å². The summed E-state index contributed by atoms with van der Waals surface area (Å²) in [6.45, 7) is 2.23. The van der Waals surface area contributed by atoms with Gasteiger partial charge in [-0.1, -0.05) is 55.5 Å². The number of carboxylic acid groups (broad SMARTS) is 1. The standard InChI is InChI=1S/C18H19NO3/c1-2-17(18(20)21)19-22-11-16-14-9-5-3-7-12(14)13-8-4-6-10-15(13)16/h3-10,16-17,19H,2,11H2,1H3,(H,20,21). The lowest BCUT2D eigenvalue weighted by molar-refractivity contribution is -0.144. The molecule has 22 heavy (non-hydrogen) atoms. The number of hydroxylamine groups is 1. The van der Waals surface area contributed by atoms with Crippen molar-refractivity contribution in [3.63, 3.8) is 0 Å². The third-order valence-electron chi connectivity index (χ3n) is 4.14. The molecule has 0 aliphatic heterocycles. The minimum atomic E-state index is -0.894. The van der Waals surface area contributed by atoms with Crippen molar-refractivity contribution in [3.8, 4) is 11.1 Å². The summed E-state index contributed by atoms with van der Waals surface area (Å²) in [5, 5.41) is 9.04. The van der Waals surface area contributed by atoms with Gasteiger partial charge < -0.3 is 5.11 Å². The van der Waals surface area contributed by atoms with Gasteiger partial charge in [0.05, 0.1) is 6.61 Å². The van der Waals surface area contributed by atoms with E-state index in [0.29, 0.717) is 13.0 Å². The average Bonchev–Trinajstić information content (AvgIpc) is 2.86. The molecule has 1 aliphatic rings. The van der Waals surface area contributed by atoms with Gasteiger partial charge in [0.25, 0.3) is 0 Å². The van der Waals surface area contributed by atoms with Crippen LogP contribution < -0.4 is 5.48 Å². The summed E-state index contributed by atoms with van der Waals surface area (Å²) in [6, 6.07) is 15.9. The molecule has 0 saturated carbocycles. The summed E-state index contributed by atoms with van der Waals surface area (Å²) in [4.78, 5) is 16.5. The number of fused-ring (bicyclic) bond motifs is 3. The summed E-state index contributed by atoms with van der Waals surface area (Å²) in [5.41, 5.74) is 7.59. The van der Waals surface area contributed by atoms with Gasteiger partial charge in [-0.2, -0.15) is 5.48 Å². The van der Waals surface area contributed by atoms with Gasteiger partial charge in [-0.15, -0.1) is 0 Å². The second kappa shape index (κ2) is 6.30. The Bertz CT molecular complexity index is 638. The predicted octanol–water partition coefficient (Wildman–Crippen LogP) is 3.18. The number of nitrogens with one attached hydrogen (secondary N) is 1. The lowest BCUT2D eigenvalue weighted by Crippen LogP contribution is -2.36. The minimum Gasteiger partial charge on any atom is -0.480 e. The molecule has 0 radical (unpaired) electrons. The summed E-state index contributed by atoms with van der Waals surface area (Å²) < 4.78 is 0. The van der Waals surface area contributed by atoms with Crippen molar-refractivity contribution in [2.24, 2.45) is 0 Å². The summed E-state index contributed by atoms with van der Waals surface area (Å²) in [5.74, 6) is -0.763. The lowest BCUT2D eigenvalue weighted by atomic mass is 9.98. The van der Waals surface area contributed by atoms with Crippen molar-refractivity contribution in [1.82, 2.24) is 5.48 Å². The van der Waals surface area contributed by atoms with Crippen LogP contribution in [0.25, 0.3) is 11.1 Å². The van der Waals surface area contributed by atoms with Crippen molar-refractivity contribution in [3.05, 3.63) is 59.7 Å². The first-order valence-corrected chi connectivity index (χ1v) is 7.50. The maximum absolute atomic E-state index is 11.0. The van der Waals surface area contributed by atoms with Gasteiger partial charge in [-0.25, -0.2) is 0 Å². The molecule has 4 nitrogen and oxygen atoms in total. The molecular formula is C18H19NO3. The van der Waals surface area contributed by atoms with E-state index in [0.717, 1.165) is 0 Å². The average molecular weight is 297 g/mol. The monoisotopic (exact) mass is 297 g/mol. The van der Waals surface area contributed by atoms with Gasteiger partial charge in [-0.3, -0.25) is 9.63 Å². The van der Waals surface area contributed by atoms with Crippen LogP contribution in [0.1, 0.15) is 30.4 Å². The van der Waals surface area contributed by atoms with Gasteiger partial charge in [0, 0.05) is 5.92 Å². The van der Waals surface area contributed by atoms with Crippen LogP contribution in [0, 0.1) is 0 Å². The van der Waals surface area contributed by atoms with Crippen molar-refractivity contribution < 1.29 is 14.7 Å². The zero-order valence-electron chi connectivity index (χ0n) is 12.5. The van der Waals surface area contributed by atoms with E-state index < -0.39 is 12.0 Å². The molecule has 4 heteroatoms. The predicted molar refractivity (Wildman–Crippen MR) is 84.5 cm³/mol. The Kier molecular flexibility index (Phi) is 4.22. The molecule has 114 valence electrons. The van der Waals surface area contributed by atoms with E-state index in [4.69, 9.17) is 9.94 Å². The summed E-state index contributed by atoms with van der Waals surface area (Å²) >= 11 is 0. The second-order valence-electron chi connectivity index (χ2n) is 5.46. The molecule has 0 bridgehead atoms. The molecule has 1 atom stereocenters. The van der Waals surface area contributed by atoms with Crippen LogP contribution in [0.4, 0.5) is 0 Å². The number of aliphatic carboxylic acids is 1. The van der Waals surface area contributed by atoms with Crippen molar-refractivity contribution in [2.45, 2.75) is 25.3 Å². The Balaban J connectivity index is 1.78. The molecular weight excluding hydrogens is 278 g/mol. The molecule has 0 spiro atoms. The fraction of sp³-hybridized carbons (Fsp3) is 0.278. The Labute approximate surface area is 129 Å². The third-order valence-corrected chi connectivity index (χ3v) is 4.14. The Morgan fingerprint density at radius 2 is 1.68 bits per heavy atom. The van der Waals surface area contributed by atoms with Gasteiger partial charge >= 0.3 is 5.97 Å². The number of rotatable bonds is 6. The minimum absolute atomic E-state index is 0.131. The SMILES string of the molecule is CCC(NOCC1c2ccccc2-c2ccccc21)C(=O)O. The van der Waals surface area contributed by atoms with Crippen LogP contribution >= 0.6 is 0 Å². The number of carboxylic acids is 1. The van der Waals surface area contributed by atoms with Gasteiger partial charge in [0.2, 0.25) is 0 Å². The fourth-order valence-corrected chi connectivity index (χ4v) is 2.98. The topological polar surface area (TPSA) is 58.6 Å². The van der Waals surface area contributed by atoms with Gasteiger partial charge in [0.1, 0.15) is 6.04 Å². The number of benzene rings is 2. The zero-order valence-corrected chi connectivity index (χ0v) is 12.5. The van der Waals surface area contributed by atoms with E-state index >= 15 is 0 Å². The highest BCUT2D eigenvalue weighted by Crippen LogP contribution is 2.44. The smallest absolute Gasteiger partial charge is 0.323 e. The second-order valence-corrected chi connectivity index (χ2v) is 5.46. The first-order chi connectivity index (χ1) is 10.7. The molecule has 2 N–H and O–H groups in total. The number of hydrogen-bond donors (Lipinski definition) is 2. The highest BCUT2D eigenvalue weighted by molar-refractivity contribution is 5.78. The largest absolute Gasteiger partial charge is 0.480 e. The van der Waals surface area contributed by atoms with E-state index in [1.165, 1.54) is 22.3 Å². The Morgan fingerprint density at radius 3 is 2.18 bits per heavy atom. The molecule has 0 saturated heterocycles. The zero-order chi connectivity index (χ0) is 15.5. The molecule has 1 aliphatic carbocycles. The molecule has 1 unspecified atom stereocenters. The Morgan fingerprint density at radius 1 is 1.14 bits per heavy atom. The molecule has 2 aromatic rings. The van der Waals surface area contributed by atoms with Gasteiger partial charge in [0.15, 0.2) is 0 Å². The first-order valence-electron chi connectivity index (χ1n) is 7.50. The van der Waals surface area contributed by atoms with Crippen molar-refractivity contribution in [2.75, 3.05) is 6.61 Å². The van der Waals surface area contributed by atoms with Gasteiger partial charge in [-0.05, 0) is 28.7 Å². The maximum atomic E-state index is 11.0. The van der Waals surface area contributed by atoms with Crippen LogP contribution in [0.15, 0.2) is 48.5 Å².